The first kappa shape index (κ1) is 14.5. The Morgan fingerprint density at radius 3 is 2.86 bits per heavy atom. The summed E-state index contributed by atoms with van der Waals surface area (Å²) in [6.07, 6.45) is -5.39. The van der Waals surface area contributed by atoms with Gasteiger partial charge in [0.05, 0.1) is 5.52 Å². The van der Waals surface area contributed by atoms with Gasteiger partial charge in [0.2, 0.25) is 0 Å². The summed E-state index contributed by atoms with van der Waals surface area (Å²) in [6, 6.07) is 2.24. The van der Waals surface area contributed by atoms with E-state index in [4.69, 9.17) is 0 Å². The zero-order valence-corrected chi connectivity index (χ0v) is 11.2. The molecule has 9 heteroatoms. The Labute approximate surface area is 122 Å². The fraction of sp³-hybridized carbons (Fsp3) is 0.385. The van der Waals surface area contributed by atoms with Gasteiger partial charge in [-0.3, -0.25) is 14.7 Å². The van der Waals surface area contributed by atoms with Crippen molar-refractivity contribution in [2.75, 3.05) is 6.54 Å². The number of Topliss-reactive ketones (excluding diaryl/α,β-unsaturated/α-hetero) is 1. The van der Waals surface area contributed by atoms with Crippen molar-refractivity contribution in [3.8, 4) is 0 Å². The van der Waals surface area contributed by atoms with Gasteiger partial charge in [-0.05, 0) is 18.2 Å². The summed E-state index contributed by atoms with van der Waals surface area (Å²) in [5, 5.41) is 9.88. The van der Waals surface area contributed by atoms with Crippen molar-refractivity contribution in [3.63, 3.8) is 0 Å². The summed E-state index contributed by atoms with van der Waals surface area (Å²) in [4.78, 5) is 24.4. The van der Waals surface area contributed by atoms with Gasteiger partial charge in [0.1, 0.15) is 17.3 Å². The van der Waals surface area contributed by atoms with Gasteiger partial charge in [0.15, 0.2) is 0 Å². The van der Waals surface area contributed by atoms with Crippen molar-refractivity contribution in [3.05, 3.63) is 23.8 Å². The average Bonchev–Trinajstić information content (AvgIpc) is 2.93. The number of nitrogens with zero attached hydrogens (tertiary/aromatic N) is 3. The third-order valence-corrected chi connectivity index (χ3v) is 3.64. The molecule has 1 atom stereocenters. The number of H-pyrrole nitrogens is 1. The molecule has 1 amide bonds. The number of alkyl halides is 3. The monoisotopic (exact) mass is 312 g/mol. The maximum Gasteiger partial charge on any atom is 0.409 e. The molecule has 0 spiro atoms. The zero-order chi connectivity index (χ0) is 15.9. The van der Waals surface area contributed by atoms with Gasteiger partial charge in [0.25, 0.3) is 5.91 Å². The summed E-state index contributed by atoms with van der Waals surface area (Å²) < 4.78 is 39.2. The molecule has 0 saturated carbocycles. The Hall–Kier alpha value is -2.45. The molecule has 0 radical (unpaired) electrons. The number of halogens is 3. The lowest BCUT2D eigenvalue weighted by atomic mass is 9.99. The lowest BCUT2D eigenvalue weighted by Gasteiger charge is -2.36. The predicted octanol–water partition coefficient (Wildman–Crippen LogP) is 1.69. The minimum atomic E-state index is -4.64. The topological polar surface area (TPSA) is 79.0 Å². The van der Waals surface area contributed by atoms with E-state index in [0.29, 0.717) is 15.9 Å². The summed E-state index contributed by atoms with van der Waals surface area (Å²) in [7, 11) is 0. The molecule has 1 saturated heterocycles. The molecular weight excluding hydrogens is 301 g/mol. The molecule has 6 nitrogen and oxygen atoms in total. The van der Waals surface area contributed by atoms with Crippen LogP contribution in [0.15, 0.2) is 18.2 Å². The Kier molecular flexibility index (Phi) is 3.34. The molecule has 2 heterocycles. The Balaban J connectivity index is 1.93. The number of fused-ring (bicyclic) bond motifs is 1. The van der Waals surface area contributed by atoms with E-state index >= 15 is 0 Å². The van der Waals surface area contributed by atoms with Crippen molar-refractivity contribution in [2.45, 2.75) is 25.1 Å². The molecule has 22 heavy (non-hydrogen) atoms. The lowest BCUT2D eigenvalue weighted by Crippen LogP contribution is -2.53. The highest BCUT2D eigenvalue weighted by Crippen LogP contribution is 2.31. The number of piperidine rings is 1. The van der Waals surface area contributed by atoms with Gasteiger partial charge in [-0.25, -0.2) is 0 Å². The second-order valence-electron chi connectivity index (χ2n) is 5.09. The number of rotatable bonds is 1. The van der Waals surface area contributed by atoms with Crippen LogP contribution in [0.5, 0.6) is 0 Å². The first-order valence-electron chi connectivity index (χ1n) is 6.56. The third kappa shape index (κ3) is 2.53. The normalized spacial score (nSPS) is 19.7. The number of likely N-dealkylation sites (tertiary alicyclic amines) is 1. The minimum absolute atomic E-state index is 0.0650. The van der Waals surface area contributed by atoms with Gasteiger partial charge in [-0.1, -0.05) is 5.21 Å². The number of nitrogens with one attached hydrogen (secondary N) is 1. The largest absolute Gasteiger partial charge is 0.409 e. The highest BCUT2D eigenvalue weighted by Gasteiger charge is 2.48. The van der Waals surface area contributed by atoms with Crippen LogP contribution in [-0.2, 0) is 4.79 Å². The Bertz CT molecular complexity index is 740. The molecule has 2 aromatic rings. The van der Waals surface area contributed by atoms with Crippen LogP contribution in [-0.4, -0.2) is 50.8 Å². The minimum Gasteiger partial charge on any atom is -0.326 e. The summed E-state index contributed by atoms with van der Waals surface area (Å²) >= 11 is 0. The van der Waals surface area contributed by atoms with Crippen molar-refractivity contribution >= 4 is 22.7 Å². The van der Waals surface area contributed by atoms with E-state index in [-0.39, 0.29) is 18.5 Å². The average molecular weight is 312 g/mol. The quantitative estimate of drug-likeness (QED) is 0.869. The predicted molar refractivity (Wildman–Crippen MR) is 69.0 cm³/mol. The first-order valence-corrected chi connectivity index (χ1v) is 6.56. The molecule has 116 valence electrons. The van der Waals surface area contributed by atoms with Gasteiger partial charge in [-0.15, -0.1) is 5.10 Å². The van der Waals surface area contributed by atoms with Crippen LogP contribution in [0.25, 0.3) is 11.0 Å². The molecule has 0 aliphatic carbocycles. The van der Waals surface area contributed by atoms with Gasteiger partial charge in [0, 0.05) is 24.9 Å². The Morgan fingerprint density at radius 2 is 2.14 bits per heavy atom. The SMILES string of the molecule is O=C1CCN(C(=O)c2ccc3[nH]nnc3c2)C(C(F)(F)F)C1. The van der Waals surface area contributed by atoms with Crippen molar-refractivity contribution < 1.29 is 22.8 Å². The third-order valence-electron chi connectivity index (χ3n) is 3.64. The van der Waals surface area contributed by atoms with Gasteiger partial charge < -0.3 is 4.90 Å². The first-order chi connectivity index (χ1) is 10.4. The van der Waals surface area contributed by atoms with E-state index in [9.17, 15) is 22.8 Å². The molecule has 3 rings (SSSR count). The van der Waals surface area contributed by atoms with Crippen LogP contribution in [0.2, 0.25) is 0 Å². The number of amides is 1. The molecular formula is C13H11F3N4O2. The van der Waals surface area contributed by atoms with Crippen molar-refractivity contribution in [2.24, 2.45) is 0 Å². The maximum absolute atomic E-state index is 13.1. The number of aromatic amines is 1. The number of carbonyl (C=O) groups is 2. The highest BCUT2D eigenvalue weighted by molar-refractivity contribution is 5.98. The summed E-state index contributed by atoms with van der Waals surface area (Å²) in [5.41, 5.74) is 1.06. The van der Waals surface area contributed by atoms with Crippen molar-refractivity contribution in [1.82, 2.24) is 20.3 Å². The second-order valence-corrected chi connectivity index (χ2v) is 5.09. The second kappa shape index (κ2) is 5.08. The van der Waals surface area contributed by atoms with Gasteiger partial charge in [-0.2, -0.15) is 13.2 Å². The molecule has 1 unspecified atom stereocenters. The number of hydrogen-bond donors (Lipinski definition) is 1. The van der Waals surface area contributed by atoms with Crippen molar-refractivity contribution in [1.29, 1.82) is 0 Å². The highest BCUT2D eigenvalue weighted by atomic mass is 19.4. The van der Waals surface area contributed by atoms with Crippen LogP contribution in [0, 0.1) is 0 Å². The van der Waals surface area contributed by atoms with E-state index < -0.39 is 30.3 Å². The number of hydrogen-bond acceptors (Lipinski definition) is 4. The van der Waals surface area contributed by atoms with E-state index in [1.54, 1.807) is 0 Å². The number of benzene rings is 1. The summed E-state index contributed by atoms with van der Waals surface area (Å²) in [5.74, 6) is -1.25. The van der Waals surface area contributed by atoms with Crippen LogP contribution in [0.4, 0.5) is 13.2 Å². The van der Waals surface area contributed by atoms with E-state index in [1.165, 1.54) is 18.2 Å². The molecule has 1 aliphatic rings. The maximum atomic E-state index is 13.1. The molecule has 1 aromatic heterocycles. The molecule has 1 fully saturated rings. The molecule has 0 bridgehead atoms. The fourth-order valence-electron chi connectivity index (χ4n) is 2.50. The fourth-order valence-corrected chi connectivity index (χ4v) is 2.50. The Morgan fingerprint density at radius 1 is 1.36 bits per heavy atom. The van der Waals surface area contributed by atoms with E-state index in [0.717, 1.165) is 0 Å². The molecule has 1 aromatic carbocycles. The standard InChI is InChI=1S/C13H11F3N4O2/c14-13(15,16)11-6-8(21)3-4-20(11)12(22)7-1-2-9-10(5-7)18-19-17-9/h1-2,5,11H,3-4,6H2,(H,17,18,19). The zero-order valence-electron chi connectivity index (χ0n) is 11.2. The number of carbonyl (C=O) groups excluding carboxylic acids is 2. The van der Waals surface area contributed by atoms with Crippen LogP contribution >= 0.6 is 0 Å². The lowest BCUT2D eigenvalue weighted by molar-refractivity contribution is -0.185. The summed E-state index contributed by atoms with van der Waals surface area (Å²) in [6.45, 7) is -0.237. The smallest absolute Gasteiger partial charge is 0.326 e. The van der Waals surface area contributed by atoms with E-state index in [1.807, 2.05) is 0 Å². The van der Waals surface area contributed by atoms with Crippen LogP contribution < -0.4 is 0 Å². The van der Waals surface area contributed by atoms with E-state index in [2.05, 4.69) is 15.4 Å². The number of ketones is 1. The van der Waals surface area contributed by atoms with Gasteiger partial charge >= 0.3 is 6.18 Å². The number of aromatic nitrogens is 3. The molecule has 1 aliphatic heterocycles. The van der Waals surface area contributed by atoms with Crippen LogP contribution in [0.3, 0.4) is 0 Å². The van der Waals surface area contributed by atoms with Crippen LogP contribution in [0.1, 0.15) is 23.2 Å². The molecule has 1 N–H and O–H groups in total.